The van der Waals surface area contributed by atoms with Crippen LogP contribution in [0.25, 0.3) is 22.2 Å². The molecule has 1 aliphatic rings. The fourth-order valence-corrected chi connectivity index (χ4v) is 3.75. The predicted molar refractivity (Wildman–Crippen MR) is 102 cm³/mol. The minimum atomic E-state index is 0.158. The van der Waals surface area contributed by atoms with Gasteiger partial charge in [0.05, 0.1) is 16.8 Å². The first kappa shape index (κ1) is 15.8. The van der Waals surface area contributed by atoms with Crippen LogP contribution in [0.2, 0.25) is 0 Å². The highest BCUT2D eigenvalue weighted by atomic mass is 16.2. The Hall–Kier alpha value is -2.68. The first-order valence-corrected chi connectivity index (χ1v) is 9.06. The van der Waals surface area contributed by atoms with Gasteiger partial charge in [0.25, 0.3) is 5.91 Å². The molecule has 3 heteroatoms. The molecule has 1 fully saturated rings. The Balaban J connectivity index is 1.99. The Morgan fingerprint density at radius 1 is 1.00 bits per heavy atom. The van der Waals surface area contributed by atoms with Crippen LogP contribution in [0.5, 0.6) is 0 Å². The van der Waals surface area contributed by atoms with Crippen LogP contribution in [-0.4, -0.2) is 28.9 Å². The van der Waals surface area contributed by atoms with Crippen molar-refractivity contribution in [2.75, 3.05) is 13.1 Å². The minimum absolute atomic E-state index is 0.158. The van der Waals surface area contributed by atoms with Gasteiger partial charge in [-0.1, -0.05) is 55.5 Å². The van der Waals surface area contributed by atoms with Crippen LogP contribution in [0.3, 0.4) is 0 Å². The summed E-state index contributed by atoms with van der Waals surface area (Å²) in [6.07, 6.45) is 2.99. The Bertz CT molecular complexity index is 912. The van der Waals surface area contributed by atoms with Gasteiger partial charge in [-0.25, -0.2) is 4.98 Å². The lowest BCUT2D eigenvalue weighted by Crippen LogP contribution is -2.29. The minimum Gasteiger partial charge on any atom is -0.339 e. The summed E-state index contributed by atoms with van der Waals surface area (Å²) in [4.78, 5) is 20.2. The van der Waals surface area contributed by atoms with Crippen LogP contribution in [0.4, 0.5) is 0 Å². The molecule has 0 bridgehead atoms. The Labute approximate surface area is 148 Å². The van der Waals surface area contributed by atoms with Gasteiger partial charge in [0.2, 0.25) is 0 Å². The van der Waals surface area contributed by atoms with Crippen LogP contribution in [0, 0.1) is 0 Å². The highest BCUT2D eigenvalue weighted by molar-refractivity contribution is 6.09. The van der Waals surface area contributed by atoms with Gasteiger partial charge in [-0.15, -0.1) is 0 Å². The topological polar surface area (TPSA) is 33.2 Å². The maximum absolute atomic E-state index is 13.3. The Morgan fingerprint density at radius 3 is 2.40 bits per heavy atom. The summed E-state index contributed by atoms with van der Waals surface area (Å²) >= 11 is 0. The zero-order valence-corrected chi connectivity index (χ0v) is 14.5. The van der Waals surface area contributed by atoms with E-state index in [1.165, 1.54) is 0 Å². The van der Waals surface area contributed by atoms with Gasteiger partial charge < -0.3 is 4.90 Å². The van der Waals surface area contributed by atoms with Crippen LogP contribution >= 0.6 is 0 Å². The van der Waals surface area contributed by atoms with E-state index in [0.717, 1.165) is 65.6 Å². The van der Waals surface area contributed by atoms with E-state index in [0.29, 0.717) is 0 Å². The Morgan fingerprint density at radius 2 is 1.68 bits per heavy atom. The third-order valence-electron chi connectivity index (χ3n) is 5.00. The molecule has 3 aromatic rings. The lowest BCUT2D eigenvalue weighted by Gasteiger charge is -2.21. The molecule has 0 saturated carbocycles. The third kappa shape index (κ3) is 2.80. The summed E-state index contributed by atoms with van der Waals surface area (Å²) in [6, 6.07) is 18.2. The number of aromatic nitrogens is 1. The lowest BCUT2D eigenvalue weighted by atomic mass is 9.94. The maximum Gasteiger partial charge on any atom is 0.254 e. The molecular weight excluding hydrogens is 308 g/mol. The predicted octanol–water partition coefficient (Wildman–Crippen LogP) is 4.70. The SMILES string of the molecule is CCc1c(-c2ccccc2)nc2ccccc2c1C(=O)N1CCCC1. The number of fused-ring (bicyclic) bond motifs is 1. The molecule has 3 nitrogen and oxygen atoms in total. The van der Waals surface area contributed by atoms with Crippen molar-refractivity contribution in [3.8, 4) is 11.3 Å². The van der Waals surface area contributed by atoms with E-state index in [1.807, 2.05) is 47.4 Å². The first-order valence-electron chi connectivity index (χ1n) is 9.06. The quantitative estimate of drug-likeness (QED) is 0.697. The Kier molecular flexibility index (Phi) is 4.22. The number of amides is 1. The number of hydrogen-bond donors (Lipinski definition) is 0. The molecule has 126 valence electrons. The maximum atomic E-state index is 13.3. The van der Waals surface area contributed by atoms with Crippen LogP contribution in [0.15, 0.2) is 54.6 Å². The number of para-hydroxylation sites is 1. The normalized spacial score (nSPS) is 14.2. The first-order chi connectivity index (χ1) is 12.3. The van der Waals surface area contributed by atoms with Gasteiger partial charge in [-0.05, 0) is 30.9 Å². The van der Waals surface area contributed by atoms with Crippen LogP contribution in [-0.2, 0) is 6.42 Å². The van der Waals surface area contributed by atoms with E-state index in [9.17, 15) is 4.79 Å². The van der Waals surface area contributed by atoms with Crippen LogP contribution in [0.1, 0.15) is 35.7 Å². The zero-order valence-electron chi connectivity index (χ0n) is 14.5. The number of rotatable bonds is 3. The molecule has 0 radical (unpaired) electrons. The molecule has 1 aromatic heterocycles. The van der Waals surface area contributed by atoms with Gasteiger partial charge in [-0.3, -0.25) is 4.79 Å². The van der Waals surface area contributed by atoms with Gasteiger partial charge in [0.15, 0.2) is 0 Å². The molecule has 1 aliphatic heterocycles. The highest BCUT2D eigenvalue weighted by Gasteiger charge is 2.26. The summed E-state index contributed by atoms with van der Waals surface area (Å²) in [5.41, 5.74) is 4.79. The molecule has 0 spiro atoms. The van der Waals surface area contributed by atoms with E-state index >= 15 is 0 Å². The van der Waals surface area contributed by atoms with E-state index < -0.39 is 0 Å². The summed E-state index contributed by atoms with van der Waals surface area (Å²) < 4.78 is 0. The number of carbonyl (C=O) groups is 1. The van der Waals surface area contributed by atoms with Gasteiger partial charge in [0, 0.05) is 24.0 Å². The summed E-state index contributed by atoms with van der Waals surface area (Å²) in [5, 5.41) is 0.968. The second-order valence-corrected chi connectivity index (χ2v) is 6.55. The standard InChI is InChI=1S/C22H22N2O/c1-2-17-20(22(25)24-14-8-9-15-24)18-12-6-7-13-19(18)23-21(17)16-10-4-3-5-11-16/h3-7,10-13H,2,8-9,14-15H2,1H3. The number of nitrogens with zero attached hydrogens (tertiary/aromatic N) is 2. The van der Waals surface area contributed by atoms with Crippen molar-refractivity contribution in [1.82, 2.24) is 9.88 Å². The fraction of sp³-hybridized carbons (Fsp3) is 0.273. The van der Waals surface area contributed by atoms with Crippen molar-refractivity contribution in [3.63, 3.8) is 0 Å². The van der Waals surface area contributed by atoms with E-state index in [4.69, 9.17) is 4.98 Å². The van der Waals surface area contributed by atoms with E-state index in [1.54, 1.807) is 0 Å². The molecule has 1 amide bonds. The molecule has 0 atom stereocenters. The fourth-order valence-electron chi connectivity index (χ4n) is 3.75. The number of carbonyl (C=O) groups excluding carboxylic acids is 1. The second-order valence-electron chi connectivity index (χ2n) is 6.55. The largest absolute Gasteiger partial charge is 0.339 e. The summed E-state index contributed by atoms with van der Waals surface area (Å²) in [7, 11) is 0. The second kappa shape index (κ2) is 6.67. The number of benzene rings is 2. The number of pyridine rings is 1. The average molecular weight is 330 g/mol. The monoisotopic (exact) mass is 330 g/mol. The highest BCUT2D eigenvalue weighted by Crippen LogP contribution is 2.32. The zero-order chi connectivity index (χ0) is 17.2. The average Bonchev–Trinajstić information content (AvgIpc) is 3.21. The van der Waals surface area contributed by atoms with Crippen molar-refractivity contribution in [1.29, 1.82) is 0 Å². The lowest BCUT2D eigenvalue weighted by molar-refractivity contribution is 0.0793. The molecule has 0 unspecified atom stereocenters. The number of hydrogen-bond acceptors (Lipinski definition) is 2. The van der Waals surface area contributed by atoms with Crippen molar-refractivity contribution in [2.24, 2.45) is 0 Å². The van der Waals surface area contributed by atoms with Crippen LogP contribution < -0.4 is 0 Å². The summed E-state index contributed by atoms with van der Waals surface area (Å²) in [5.74, 6) is 0.158. The molecule has 25 heavy (non-hydrogen) atoms. The van der Waals surface area contributed by atoms with E-state index in [-0.39, 0.29) is 5.91 Å². The molecule has 2 aromatic carbocycles. The molecule has 0 aliphatic carbocycles. The molecular formula is C22H22N2O. The van der Waals surface area contributed by atoms with Crippen molar-refractivity contribution >= 4 is 16.8 Å². The van der Waals surface area contributed by atoms with Crippen molar-refractivity contribution in [3.05, 3.63) is 65.7 Å². The molecule has 1 saturated heterocycles. The molecule has 4 rings (SSSR count). The van der Waals surface area contributed by atoms with Gasteiger partial charge >= 0.3 is 0 Å². The van der Waals surface area contributed by atoms with Crippen molar-refractivity contribution < 1.29 is 4.79 Å². The molecule has 2 heterocycles. The van der Waals surface area contributed by atoms with E-state index in [2.05, 4.69) is 19.1 Å². The third-order valence-corrected chi connectivity index (χ3v) is 5.00. The van der Waals surface area contributed by atoms with Crippen molar-refractivity contribution in [2.45, 2.75) is 26.2 Å². The van der Waals surface area contributed by atoms with Gasteiger partial charge in [-0.2, -0.15) is 0 Å². The van der Waals surface area contributed by atoms with Gasteiger partial charge in [0.1, 0.15) is 0 Å². The molecule has 0 N–H and O–H groups in total. The summed E-state index contributed by atoms with van der Waals surface area (Å²) in [6.45, 7) is 3.83. The smallest absolute Gasteiger partial charge is 0.254 e. The number of likely N-dealkylation sites (tertiary alicyclic amines) is 1.